The van der Waals surface area contributed by atoms with Crippen LogP contribution in [-0.2, 0) is 11.3 Å². The minimum atomic E-state index is -2.89. The van der Waals surface area contributed by atoms with E-state index in [9.17, 15) is 18.0 Å². The molecular formula is C20H18F3N5O2. The molecule has 156 valence electrons. The van der Waals surface area contributed by atoms with Crippen molar-refractivity contribution >= 4 is 17.2 Å². The number of aromatic nitrogens is 3. The molecule has 0 radical (unpaired) electrons. The number of hydrogen-bond donors (Lipinski definition) is 1. The Bertz CT molecular complexity index is 1120. The lowest BCUT2D eigenvalue weighted by atomic mass is 9.78. The van der Waals surface area contributed by atoms with Crippen LogP contribution in [0, 0.1) is 11.2 Å². The summed E-state index contributed by atoms with van der Waals surface area (Å²) in [6, 6.07) is 5.55. The summed E-state index contributed by atoms with van der Waals surface area (Å²) in [4.78, 5) is 18.7. The van der Waals surface area contributed by atoms with Gasteiger partial charge in [-0.2, -0.15) is 5.10 Å². The number of nitrogens with one attached hydrogen (secondary N) is 1. The average molecular weight is 417 g/mol. The van der Waals surface area contributed by atoms with Gasteiger partial charge in [0.05, 0.1) is 29.8 Å². The van der Waals surface area contributed by atoms with Gasteiger partial charge in [0.2, 0.25) is 0 Å². The third-order valence-corrected chi connectivity index (χ3v) is 5.60. The third kappa shape index (κ3) is 3.07. The van der Waals surface area contributed by atoms with Gasteiger partial charge >= 0.3 is 0 Å². The molecule has 0 atom stereocenters. The van der Waals surface area contributed by atoms with Crippen LogP contribution in [0.1, 0.15) is 27.9 Å². The van der Waals surface area contributed by atoms with Crippen molar-refractivity contribution in [3.8, 4) is 0 Å². The van der Waals surface area contributed by atoms with Gasteiger partial charge in [0.15, 0.2) is 5.82 Å². The van der Waals surface area contributed by atoms with Crippen LogP contribution in [0.25, 0.3) is 5.52 Å². The van der Waals surface area contributed by atoms with Crippen molar-refractivity contribution in [2.24, 2.45) is 5.41 Å². The van der Waals surface area contributed by atoms with E-state index in [1.807, 2.05) is 0 Å². The van der Waals surface area contributed by atoms with Crippen LogP contribution in [0.15, 0.2) is 36.8 Å². The van der Waals surface area contributed by atoms with Gasteiger partial charge in [-0.25, -0.2) is 22.7 Å². The molecule has 0 bridgehead atoms. The third-order valence-electron chi connectivity index (χ3n) is 5.60. The Morgan fingerprint density at radius 1 is 1.30 bits per heavy atom. The first-order valence-corrected chi connectivity index (χ1v) is 9.45. The van der Waals surface area contributed by atoms with Crippen molar-refractivity contribution in [3.63, 3.8) is 0 Å². The summed E-state index contributed by atoms with van der Waals surface area (Å²) in [6.45, 7) is 2.69. The largest absolute Gasteiger partial charge is 0.380 e. The Balaban J connectivity index is 1.34. The van der Waals surface area contributed by atoms with Gasteiger partial charge in [-0.1, -0.05) is 18.2 Å². The van der Waals surface area contributed by atoms with Crippen molar-refractivity contribution in [1.29, 1.82) is 0 Å². The quantitative estimate of drug-likeness (QED) is 0.691. The molecule has 4 heterocycles. The molecule has 1 amide bonds. The summed E-state index contributed by atoms with van der Waals surface area (Å²) < 4.78 is 46.8. The molecule has 3 aromatic rings. The number of anilines is 1. The van der Waals surface area contributed by atoms with Crippen molar-refractivity contribution in [3.05, 3.63) is 59.3 Å². The molecular weight excluding hydrogens is 399 g/mol. The normalized spacial score (nSPS) is 17.3. The molecule has 2 aromatic heterocycles. The topological polar surface area (TPSA) is 71.8 Å². The number of ether oxygens (including phenoxy) is 1. The predicted molar refractivity (Wildman–Crippen MR) is 101 cm³/mol. The second-order valence-electron chi connectivity index (χ2n) is 7.80. The van der Waals surface area contributed by atoms with E-state index in [0.717, 1.165) is 6.07 Å². The van der Waals surface area contributed by atoms with Crippen LogP contribution in [0.5, 0.6) is 0 Å². The monoisotopic (exact) mass is 417 g/mol. The number of fused-ring (bicyclic) bond motifs is 1. The van der Waals surface area contributed by atoms with E-state index in [1.165, 1.54) is 23.0 Å². The molecule has 0 aliphatic carbocycles. The standard InChI is InChI=1S/C20H18F3N5O2/c21-16-12(2-1-3-14(16)17(22)23)5-24-18-15-4-13(6-28(15)26-11-25-18)19(29)27-7-20(8-27)9-30-10-20/h1-4,6,11,17H,5,7-10H2,(H,24,25,26). The van der Waals surface area contributed by atoms with E-state index >= 15 is 0 Å². The van der Waals surface area contributed by atoms with Crippen LogP contribution in [-0.4, -0.2) is 51.7 Å². The van der Waals surface area contributed by atoms with Crippen molar-refractivity contribution < 1.29 is 22.7 Å². The van der Waals surface area contributed by atoms with Gasteiger partial charge in [0.1, 0.15) is 17.7 Å². The van der Waals surface area contributed by atoms with E-state index in [1.54, 1.807) is 17.2 Å². The van der Waals surface area contributed by atoms with E-state index in [4.69, 9.17) is 4.74 Å². The Morgan fingerprint density at radius 3 is 2.80 bits per heavy atom. The number of benzene rings is 1. The summed E-state index contributed by atoms with van der Waals surface area (Å²) in [5.41, 5.74) is 0.592. The van der Waals surface area contributed by atoms with Crippen LogP contribution in [0.3, 0.4) is 0 Å². The van der Waals surface area contributed by atoms with E-state index in [2.05, 4.69) is 15.4 Å². The van der Waals surface area contributed by atoms with Crippen molar-refractivity contribution in [1.82, 2.24) is 19.5 Å². The molecule has 1 spiro atoms. The number of likely N-dealkylation sites (tertiary alicyclic amines) is 1. The van der Waals surface area contributed by atoms with Crippen LogP contribution >= 0.6 is 0 Å². The first-order chi connectivity index (χ1) is 14.5. The van der Waals surface area contributed by atoms with Crippen LogP contribution in [0.2, 0.25) is 0 Å². The summed E-state index contributed by atoms with van der Waals surface area (Å²) in [5, 5.41) is 7.07. The maximum Gasteiger partial charge on any atom is 0.266 e. The Labute approximate surface area is 169 Å². The first-order valence-electron chi connectivity index (χ1n) is 9.45. The predicted octanol–water partition coefficient (Wildman–Crippen LogP) is 2.89. The van der Waals surface area contributed by atoms with Crippen molar-refractivity contribution in [2.45, 2.75) is 13.0 Å². The Morgan fingerprint density at radius 2 is 2.10 bits per heavy atom. The number of halogens is 3. The van der Waals surface area contributed by atoms with Crippen molar-refractivity contribution in [2.75, 3.05) is 31.6 Å². The minimum absolute atomic E-state index is 0.0395. The molecule has 1 N–H and O–H groups in total. The van der Waals surface area contributed by atoms with E-state index < -0.39 is 17.8 Å². The summed E-state index contributed by atoms with van der Waals surface area (Å²) in [6.07, 6.45) is 0.0343. The minimum Gasteiger partial charge on any atom is -0.380 e. The average Bonchev–Trinajstić information content (AvgIpc) is 3.09. The highest BCUT2D eigenvalue weighted by molar-refractivity contribution is 5.97. The lowest BCUT2D eigenvalue weighted by Gasteiger charge is -2.54. The molecule has 30 heavy (non-hydrogen) atoms. The summed E-state index contributed by atoms with van der Waals surface area (Å²) in [7, 11) is 0. The van der Waals surface area contributed by atoms with Gasteiger partial charge in [0, 0.05) is 31.4 Å². The summed E-state index contributed by atoms with van der Waals surface area (Å²) in [5.74, 6) is -0.666. The van der Waals surface area contributed by atoms with Gasteiger partial charge in [0.25, 0.3) is 12.3 Å². The SMILES string of the molecule is O=C(c1cc2c(NCc3cccc(C(F)F)c3F)ncnn2c1)N1CC2(COC2)C1. The number of hydrogen-bond acceptors (Lipinski definition) is 5. The van der Waals surface area contributed by atoms with Gasteiger partial charge in [-0.3, -0.25) is 4.79 Å². The molecule has 0 saturated carbocycles. The van der Waals surface area contributed by atoms with E-state index in [-0.39, 0.29) is 23.4 Å². The molecule has 10 heteroatoms. The van der Waals surface area contributed by atoms with E-state index in [0.29, 0.717) is 43.2 Å². The lowest BCUT2D eigenvalue weighted by molar-refractivity contribution is -0.176. The smallest absolute Gasteiger partial charge is 0.266 e. The molecule has 2 saturated heterocycles. The first kappa shape index (κ1) is 18.9. The number of amides is 1. The number of carbonyl (C=O) groups excluding carboxylic acids is 1. The maximum absolute atomic E-state index is 14.3. The Hall–Kier alpha value is -3.14. The van der Waals surface area contributed by atoms with Gasteiger partial charge in [-0.05, 0) is 6.07 Å². The highest BCUT2D eigenvalue weighted by atomic mass is 19.3. The molecule has 5 rings (SSSR count). The lowest BCUT2D eigenvalue weighted by Crippen LogP contribution is -2.67. The number of carbonyl (C=O) groups is 1. The zero-order chi connectivity index (χ0) is 20.9. The number of alkyl halides is 2. The molecule has 0 unspecified atom stereocenters. The molecule has 7 nitrogen and oxygen atoms in total. The van der Waals surface area contributed by atoms with Crippen LogP contribution < -0.4 is 5.32 Å². The fourth-order valence-electron chi connectivity index (χ4n) is 3.93. The highest BCUT2D eigenvalue weighted by Gasteiger charge is 2.50. The second kappa shape index (κ2) is 6.98. The number of nitrogens with zero attached hydrogens (tertiary/aromatic N) is 4. The molecule has 2 aliphatic rings. The number of rotatable bonds is 5. The fraction of sp³-hybridized carbons (Fsp3) is 0.350. The molecule has 2 aliphatic heterocycles. The molecule has 1 aromatic carbocycles. The fourth-order valence-corrected chi connectivity index (χ4v) is 3.93. The maximum atomic E-state index is 14.3. The summed E-state index contributed by atoms with van der Waals surface area (Å²) >= 11 is 0. The zero-order valence-corrected chi connectivity index (χ0v) is 15.8. The highest BCUT2D eigenvalue weighted by Crippen LogP contribution is 2.38. The second-order valence-corrected chi connectivity index (χ2v) is 7.80. The zero-order valence-electron chi connectivity index (χ0n) is 15.8. The van der Waals surface area contributed by atoms with Gasteiger partial charge in [-0.15, -0.1) is 0 Å². The molecule has 2 fully saturated rings. The van der Waals surface area contributed by atoms with Gasteiger partial charge < -0.3 is 15.0 Å². The Kier molecular flexibility index (Phi) is 4.39. The van der Waals surface area contributed by atoms with Crippen LogP contribution in [0.4, 0.5) is 19.0 Å².